The first kappa shape index (κ1) is 17.9. The molecule has 27 heavy (non-hydrogen) atoms. The van der Waals surface area contributed by atoms with Gasteiger partial charge in [-0.2, -0.15) is 0 Å². The van der Waals surface area contributed by atoms with Crippen LogP contribution in [0.2, 0.25) is 0 Å². The van der Waals surface area contributed by atoms with Gasteiger partial charge in [-0.05, 0) is 23.6 Å². The molecule has 0 aromatic carbocycles. The molecule has 140 valence electrons. The molecule has 0 bridgehead atoms. The summed E-state index contributed by atoms with van der Waals surface area (Å²) in [4.78, 5) is 32.7. The maximum Gasteiger partial charge on any atom is 0.267 e. The molecule has 1 aliphatic heterocycles. The first-order chi connectivity index (χ1) is 13.2. The van der Waals surface area contributed by atoms with E-state index in [1.54, 1.807) is 18.4 Å². The third kappa shape index (κ3) is 4.44. The molecule has 4 rings (SSSR count). The number of anilines is 1. The SMILES string of the molecule is O=C(CN1CCc2nc(NC(=O)c3cccs3)sc2C1)NCc1ccco1. The van der Waals surface area contributed by atoms with Gasteiger partial charge in [-0.1, -0.05) is 6.07 Å². The number of thiophene rings is 1. The minimum Gasteiger partial charge on any atom is -0.467 e. The second-order valence-corrected chi connectivity index (χ2v) is 8.17. The van der Waals surface area contributed by atoms with Crippen LogP contribution in [0, 0.1) is 0 Å². The summed E-state index contributed by atoms with van der Waals surface area (Å²) < 4.78 is 5.21. The number of rotatable bonds is 6. The molecule has 3 aromatic rings. The van der Waals surface area contributed by atoms with Crippen LogP contribution in [0.5, 0.6) is 0 Å². The van der Waals surface area contributed by atoms with Gasteiger partial charge in [0.25, 0.3) is 5.91 Å². The van der Waals surface area contributed by atoms with E-state index in [1.165, 1.54) is 22.7 Å². The van der Waals surface area contributed by atoms with Crippen LogP contribution in [0.1, 0.15) is 26.0 Å². The Bertz CT molecular complexity index is 919. The van der Waals surface area contributed by atoms with E-state index in [4.69, 9.17) is 4.42 Å². The molecular formula is C18H18N4O3S2. The lowest BCUT2D eigenvalue weighted by Crippen LogP contribution is -2.39. The number of fused-ring (bicyclic) bond motifs is 1. The number of thiazole rings is 1. The van der Waals surface area contributed by atoms with Gasteiger partial charge in [0, 0.05) is 24.4 Å². The van der Waals surface area contributed by atoms with Crippen molar-refractivity contribution < 1.29 is 14.0 Å². The van der Waals surface area contributed by atoms with E-state index in [2.05, 4.69) is 20.5 Å². The summed E-state index contributed by atoms with van der Waals surface area (Å²) in [5.74, 6) is 0.564. The molecule has 0 spiro atoms. The van der Waals surface area contributed by atoms with E-state index < -0.39 is 0 Å². The largest absolute Gasteiger partial charge is 0.467 e. The highest BCUT2D eigenvalue weighted by molar-refractivity contribution is 7.16. The van der Waals surface area contributed by atoms with Gasteiger partial charge in [-0.25, -0.2) is 4.98 Å². The van der Waals surface area contributed by atoms with Crippen molar-refractivity contribution in [3.63, 3.8) is 0 Å². The first-order valence-electron chi connectivity index (χ1n) is 8.52. The molecule has 3 aromatic heterocycles. The third-order valence-electron chi connectivity index (χ3n) is 4.18. The van der Waals surface area contributed by atoms with E-state index >= 15 is 0 Å². The molecule has 9 heteroatoms. The molecule has 7 nitrogen and oxygen atoms in total. The van der Waals surface area contributed by atoms with Crippen molar-refractivity contribution >= 4 is 39.6 Å². The maximum absolute atomic E-state index is 12.2. The van der Waals surface area contributed by atoms with Gasteiger partial charge in [0.2, 0.25) is 5.91 Å². The van der Waals surface area contributed by atoms with Crippen molar-refractivity contribution in [2.24, 2.45) is 0 Å². The number of carbonyl (C=O) groups excluding carboxylic acids is 2. The number of hydrogen-bond acceptors (Lipinski definition) is 7. The quantitative estimate of drug-likeness (QED) is 0.662. The summed E-state index contributed by atoms with van der Waals surface area (Å²) in [7, 11) is 0. The van der Waals surface area contributed by atoms with Crippen molar-refractivity contribution in [1.29, 1.82) is 0 Å². The first-order valence-corrected chi connectivity index (χ1v) is 10.2. The van der Waals surface area contributed by atoms with Crippen molar-refractivity contribution in [3.8, 4) is 0 Å². The van der Waals surface area contributed by atoms with Crippen LogP contribution in [-0.2, 0) is 24.3 Å². The topological polar surface area (TPSA) is 87.5 Å². The molecule has 2 amide bonds. The molecule has 0 atom stereocenters. The molecule has 4 heterocycles. The van der Waals surface area contributed by atoms with Gasteiger partial charge in [-0.3, -0.25) is 19.8 Å². The number of amides is 2. The zero-order chi connectivity index (χ0) is 18.6. The summed E-state index contributed by atoms with van der Waals surface area (Å²) in [6, 6.07) is 7.26. The molecule has 0 unspecified atom stereocenters. The molecule has 0 radical (unpaired) electrons. The number of furan rings is 1. The average molecular weight is 403 g/mol. The van der Waals surface area contributed by atoms with Gasteiger partial charge >= 0.3 is 0 Å². The van der Waals surface area contributed by atoms with Crippen LogP contribution < -0.4 is 10.6 Å². The Balaban J connectivity index is 1.31. The van der Waals surface area contributed by atoms with Crippen LogP contribution in [0.3, 0.4) is 0 Å². The lowest BCUT2D eigenvalue weighted by atomic mass is 10.2. The van der Waals surface area contributed by atoms with E-state index in [1.807, 2.05) is 17.5 Å². The van der Waals surface area contributed by atoms with Crippen LogP contribution in [0.25, 0.3) is 0 Å². The molecule has 0 aliphatic carbocycles. The van der Waals surface area contributed by atoms with Gasteiger partial charge in [0.05, 0.1) is 29.9 Å². The number of carbonyl (C=O) groups is 2. The van der Waals surface area contributed by atoms with Crippen LogP contribution in [-0.4, -0.2) is 34.8 Å². The highest BCUT2D eigenvalue weighted by Crippen LogP contribution is 2.28. The minimum absolute atomic E-state index is 0.0365. The Kier molecular flexibility index (Phi) is 5.33. The summed E-state index contributed by atoms with van der Waals surface area (Å²) in [6.45, 7) is 2.15. The fraction of sp³-hybridized carbons (Fsp3) is 0.278. The zero-order valence-corrected chi connectivity index (χ0v) is 16.1. The lowest BCUT2D eigenvalue weighted by Gasteiger charge is -2.24. The third-order valence-corrected chi connectivity index (χ3v) is 6.05. The Morgan fingerprint density at radius 1 is 1.30 bits per heavy atom. The van der Waals surface area contributed by atoms with Crippen LogP contribution in [0.15, 0.2) is 40.3 Å². The Morgan fingerprint density at radius 2 is 2.22 bits per heavy atom. The van der Waals surface area contributed by atoms with E-state index in [0.717, 1.165) is 29.3 Å². The molecular weight excluding hydrogens is 384 g/mol. The summed E-state index contributed by atoms with van der Waals surface area (Å²) in [6.07, 6.45) is 2.36. The summed E-state index contributed by atoms with van der Waals surface area (Å²) in [5, 5.41) is 8.21. The predicted molar refractivity (Wildman–Crippen MR) is 104 cm³/mol. The minimum atomic E-state index is -0.134. The smallest absolute Gasteiger partial charge is 0.267 e. The van der Waals surface area contributed by atoms with Gasteiger partial charge < -0.3 is 9.73 Å². The second kappa shape index (κ2) is 8.03. The normalized spacial score (nSPS) is 13.9. The molecule has 0 saturated heterocycles. The van der Waals surface area contributed by atoms with Crippen molar-refractivity contribution in [3.05, 3.63) is 57.1 Å². The van der Waals surface area contributed by atoms with Gasteiger partial charge in [-0.15, -0.1) is 22.7 Å². The number of hydrogen-bond donors (Lipinski definition) is 2. The standard InChI is InChI=1S/C18H18N4O3S2/c23-16(19-9-12-3-1-7-25-12)11-22-6-5-13-15(10-22)27-18(20-13)21-17(24)14-4-2-8-26-14/h1-4,7-8H,5-6,9-11H2,(H,19,23)(H,20,21,24). The van der Waals surface area contributed by atoms with Gasteiger partial charge in [0.1, 0.15) is 5.76 Å². The molecule has 0 saturated carbocycles. The average Bonchev–Trinajstić information content (AvgIpc) is 3.40. The predicted octanol–water partition coefficient (Wildman–Crippen LogP) is 2.72. The molecule has 0 fully saturated rings. The summed E-state index contributed by atoms with van der Waals surface area (Å²) >= 11 is 2.88. The van der Waals surface area contributed by atoms with E-state index in [-0.39, 0.29) is 11.8 Å². The van der Waals surface area contributed by atoms with E-state index in [0.29, 0.717) is 29.6 Å². The Hall–Kier alpha value is -2.49. The highest BCUT2D eigenvalue weighted by atomic mass is 32.1. The monoisotopic (exact) mass is 402 g/mol. The molecule has 1 aliphatic rings. The maximum atomic E-state index is 12.2. The lowest BCUT2D eigenvalue weighted by molar-refractivity contribution is -0.122. The van der Waals surface area contributed by atoms with E-state index in [9.17, 15) is 9.59 Å². The number of nitrogens with one attached hydrogen (secondary N) is 2. The van der Waals surface area contributed by atoms with Crippen LogP contribution in [0.4, 0.5) is 5.13 Å². The Labute approximate surface area is 164 Å². The second-order valence-electron chi connectivity index (χ2n) is 6.14. The fourth-order valence-electron chi connectivity index (χ4n) is 2.86. The Morgan fingerprint density at radius 3 is 3.00 bits per heavy atom. The number of aromatic nitrogens is 1. The van der Waals surface area contributed by atoms with Crippen molar-refractivity contribution in [1.82, 2.24) is 15.2 Å². The number of nitrogens with zero attached hydrogens (tertiary/aromatic N) is 2. The van der Waals surface area contributed by atoms with Crippen molar-refractivity contribution in [2.45, 2.75) is 19.5 Å². The van der Waals surface area contributed by atoms with Gasteiger partial charge in [0.15, 0.2) is 5.13 Å². The fourth-order valence-corrected chi connectivity index (χ4v) is 4.53. The highest BCUT2D eigenvalue weighted by Gasteiger charge is 2.23. The summed E-state index contributed by atoms with van der Waals surface area (Å²) in [5.41, 5.74) is 1.01. The zero-order valence-electron chi connectivity index (χ0n) is 14.4. The van der Waals surface area contributed by atoms with Crippen molar-refractivity contribution in [2.75, 3.05) is 18.4 Å². The van der Waals surface area contributed by atoms with Crippen LogP contribution >= 0.6 is 22.7 Å². The molecule has 2 N–H and O–H groups in total.